The van der Waals surface area contributed by atoms with Crippen molar-refractivity contribution in [1.82, 2.24) is 9.97 Å². The van der Waals surface area contributed by atoms with Gasteiger partial charge in [0.2, 0.25) is 0 Å². The van der Waals surface area contributed by atoms with Gasteiger partial charge in [0.25, 0.3) is 0 Å². The Morgan fingerprint density at radius 1 is 1.16 bits per heavy atom. The van der Waals surface area contributed by atoms with Gasteiger partial charge in [-0.2, -0.15) is 5.26 Å². The lowest BCUT2D eigenvalue weighted by Gasteiger charge is -2.16. The molecule has 19 heavy (non-hydrogen) atoms. The summed E-state index contributed by atoms with van der Waals surface area (Å²) < 4.78 is 0. The number of nitriles is 1. The molecule has 1 aromatic carbocycles. The molecule has 0 amide bonds. The molecule has 1 heterocycles. The molecule has 0 saturated carbocycles. The van der Waals surface area contributed by atoms with Gasteiger partial charge in [-0.15, -0.1) is 0 Å². The summed E-state index contributed by atoms with van der Waals surface area (Å²) in [6, 6.07) is 10.2. The highest BCUT2D eigenvalue weighted by molar-refractivity contribution is 5.47. The molecule has 96 valence electrons. The van der Waals surface area contributed by atoms with Crippen molar-refractivity contribution in [3.8, 4) is 6.07 Å². The van der Waals surface area contributed by atoms with Gasteiger partial charge in [-0.25, -0.2) is 9.97 Å². The fraction of sp³-hybridized carbons (Fsp3) is 0.267. The third-order valence-electron chi connectivity index (χ3n) is 3.00. The highest BCUT2D eigenvalue weighted by Crippen LogP contribution is 2.23. The average molecular weight is 252 g/mol. The predicted octanol–water partition coefficient (Wildman–Crippen LogP) is 2.89. The zero-order chi connectivity index (χ0) is 13.7. The van der Waals surface area contributed by atoms with Crippen molar-refractivity contribution >= 4 is 5.69 Å². The minimum Gasteiger partial charge on any atom is -0.381 e. The van der Waals surface area contributed by atoms with Crippen LogP contribution in [0, 0.1) is 11.3 Å². The largest absolute Gasteiger partial charge is 0.381 e. The topological polar surface area (TPSA) is 61.6 Å². The number of hydrogen-bond donors (Lipinski definition) is 1. The molecule has 2 aromatic rings. The van der Waals surface area contributed by atoms with E-state index in [1.54, 1.807) is 12.4 Å². The van der Waals surface area contributed by atoms with Crippen molar-refractivity contribution in [3.05, 3.63) is 54.1 Å². The normalized spacial score (nSPS) is 10.8. The summed E-state index contributed by atoms with van der Waals surface area (Å²) in [6.07, 6.45) is 5.09. The van der Waals surface area contributed by atoms with E-state index in [-0.39, 0.29) is 0 Å². The lowest BCUT2D eigenvalue weighted by Crippen LogP contribution is -2.13. The van der Waals surface area contributed by atoms with Gasteiger partial charge in [0, 0.05) is 30.2 Å². The van der Waals surface area contributed by atoms with Crippen LogP contribution in [0.2, 0.25) is 0 Å². The summed E-state index contributed by atoms with van der Waals surface area (Å²) >= 11 is 0. The molecule has 0 aliphatic heterocycles. The first-order chi connectivity index (χ1) is 9.12. The van der Waals surface area contributed by atoms with Crippen LogP contribution in [-0.2, 0) is 12.0 Å². The van der Waals surface area contributed by atoms with Crippen LogP contribution in [0.25, 0.3) is 0 Å². The second kappa shape index (κ2) is 5.49. The third-order valence-corrected chi connectivity index (χ3v) is 3.00. The van der Waals surface area contributed by atoms with Crippen molar-refractivity contribution in [2.75, 3.05) is 5.32 Å². The van der Waals surface area contributed by atoms with Crippen LogP contribution in [0.15, 0.2) is 43.0 Å². The van der Waals surface area contributed by atoms with Crippen LogP contribution < -0.4 is 5.32 Å². The van der Waals surface area contributed by atoms with Gasteiger partial charge in [-0.05, 0) is 31.5 Å². The lowest BCUT2D eigenvalue weighted by molar-refractivity contribution is 0.687. The minimum absolute atomic E-state index is 0.453. The fourth-order valence-electron chi connectivity index (χ4n) is 1.69. The van der Waals surface area contributed by atoms with E-state index in [1.807, 2.05) is 38.1 Å². The molecule has 0 aliphatic rings. The van der Waals surface area contributed by atoms with Crippen molar-refractivity contribution < 1.29 is 0 Å². The number of hydrogen-bond acceptors (Lipinski definition) is 4. The summed E-state index contributed by atoms with van der Waals surface area (Å²) in [5.41, 5.74) is 2.61. The van der Waals surface area contributed by atoms with Crippen LogP contribution >= 0.6 is 0 Å². The Morgan fingerprint density at radius 3 is 2.37 bits per heavy atom. The SMILES string of the molecule is CC(C)(C#N)c1ccc(NCc2cncnc2)cc1. The van der Waals surface area contributed by atoms with Gasteiger partial charge in [0.1, 0.15) is 6.33 Å². The number of nitrogens with one attached hydrogen (secondary N) is 1. The maximum absolute atomic E-state index is 9.09. The summed E-state index contributed by atoms with van der Waals surface area (Å²) in [7, 11) is 0. The first kappa shape index (κ1) is 13.0. The van der Waals surface area contributed by atoms with Crippen molar-refractivity contribution in [1.29, 1.82) is 5.26 Å². The smallest absolute Gasteiger partial charge is 0.115 e. The van der Waals surface area contributed by atoms with Gasteiger partial charge >= 0.3 is 0 Å². The first-order valence-corrected chi connectivity index (χ1v) is 6.11. The second-order valence-corrected chi connectivity index (χ2v) is 4.91. The van der Waals surface area contributed by atoms with Crippen LogP contribution in [0.4, 0.5) is 5.69 Å². The molecule has 0 fully saturated rings. The molecule has 1 N–H and O–H groups in total. The molecular formula is C15H16N4. The number of aromatic nitrogens is 2. The van der Waals surface area contributed by atoms with E-state index >= 15 is 0 Å². The molecular weight excluding hydrogens is 236 g/mol. The number of nitrogens with zero attached hydrogens (tertiary/aromatic N) is 3. The quantitative estimate of drug-likeness (QED) is 0.908. The lowest BCUT2D eigenvalue weighted by atomic mass is 9.86. The maximum Gasteiger partial charge on any atom is 0.115 e. The van der Waals surface area contributed by atoms with Crippen molar-refractivity contribution in [2.24, 2.45) is 0 Å². The monoisotopic (exact) mass is 252 g/mol. The fourth-order valence-corrected chi connectivity index (χ4v) is 1.69. The number of anilines is 1. The Bertz CT molecular complexity index is 567. The third kappa shape index (κ3) is 3.29. The maximum atomic E-state index is 9.09. The van der Waals surface area contributed by atoms with E-state index < -0.39 is 5.41 Å². The summed E-state index contributed by atoms with van der Waals surface area (Å²) in [5, 5.41) is 12.4. The molecule has 1 aromatic heterocycles. The highest BCUT2D eigenvalue weighted by Gasteiger charge is 2.18. The Kier molecular flexibility index (Phi) is 3.76. The van der Waals surface area contributed by atoms with Crippen LogP contribution in [-0.4, -0.2) is 9.97 Å². The summed E-state index contributed by atoms with van der Waals surface area (Å²) in [4.78, 5) is 7.93. The van der Waals surface area contributed by atoms with Gasteiger partial charge < -0.3 is 5.32 Å². The molecule has 0 aliphatic carbocycles. The van der Waals surface area contributed by atoms with Gasteiger partial charge in [0.05, 0.1) is 11.5 Å². The van der Waals surface area contributed by atoms with Crippen molar-refractivity contribution in [3.63, 3.8) is 0 Å². The Labute approximate surface area is 113 Å². The van der Waals surface area contributed by atoms with Crippen LogP contribution in [0.3, 0.4) is 0 Å². The zero-order valence-corrected chi connectivity index (χ0v) is 11.1. The van der Waals surface area contributed by atoms with E-state index in [0.29, 0.717) is 6.54 Å². The zero-order valence-electron chi connectivity index (χ0n) is 11.1. The van der Waals surface area contributed by atoms with Crippen LogP contribution in [0.5, 0.6) is 0 Å². The highest BCUT2D eigenvalue weighted by atomic mass is 14.9. The molecule has 0 spiro atoms. The number of rotatable bonds is 4. The van der Waals surface area contributed by atoms with E-state index in [4.69, 9.17) is 5.26 Å². The van der Waals surface area contributed by atoms with E-state index in [9.17, 15) is 0 Å². The molecule has 4 nitrogen and oxygen atoms in total. The molecule has 0 unspecified atom stereocenters. The number of benzene rings is 1. The van der Waals surface area contributed by atoms with Gasteiger partial charge in [0.15, 0.2) is 0 Å². The molecule has 2 rings (SSSR count). The van der Waals surface area contributed by atoms with E-state index in [2.05, 4.69) is 21.4 Å². The second-order valence-electron chi connectivity index (χ2n) is 4.91. The summed E-state index contributed by atoms with van der Waals surface area (Å²) in [6.45, 7) is 4.51. The standard InChI is InChI=1S/C15H16N4/c1-15(2,10-16)13-3-5-14(6-4-13)19-9-12-7-17-11-18-8-12/h3-8,11,19H,9H2,1-2H3. The van der Waals surface area contributed by atoms with Crippen molar-refractivity contribution in [2.45, 2.75) is 25.8 Å². The van der Waals surface area contributed by atoms with Gasteiger partial charge in [-0.1, -0.05) is 12.1 Å². The predicted molar refractivity (Wildman–Crippen MR) is 74.4 cm³/mol. The molecule has 0 radical (unpaired) electrons. The Morgan fingerprint density at radius 2 is 1.79 bits per heavy atom. The molecule has 4 heteroatoms. The molecule has 0 atom stereocenters. The minimum atomic E-state index is -0.453. The Balaban J connectivity index is 2.02. The van der Waals surface area contributed by atoms with Crippen LogP contribution in [0.1, 0.15) is 25.0 Å². The summed E-state index contributed by atoms with van der Waals surface area (Å²) in [5.74, 6) is 0. The molecule has 0 saturated heterocycles. The first-order valence-electron chi connectivity index (χ1n) is 6.11. The van der Waals surface area contributed by atoms with E-state index in [0.717, 1.165) is 16.8 Å². The van der Waals surface area contributed by atoms with E-state index in [1.165, 1.54) is 6.33 Å². The average Bonchev–Trinajstić information content (AvgIpc) is 2.47. The Hall–Kier alpha value is -2.41. The van der Waals surface area contributed by atoms with Gasteiger partial charge in [-0.3, -0.25) is 0 Å². The molecule has 0 bridgehead atoms.